The van der Waals surface area contributed by atoms with Gasteiger partial charge in [0.2, 0.25) is 0 Å². The Balaban J connectivity index is 1.91. The molecular weight excluding hydrogens is 318 g/mol. The summed E-state index contributed by atoms with van der Waals surface area (Å²) in [5.74, 6) is 0.413. The van der Waals surface area contributed by atoms with Crippen molar-refractivity contribution in [3.05, 3.63) is 70.1 Å². The van der Waals surface area contributed by atoms with Crippen molar-refractivity contribution in [3.8, 4) is 5.75 Å². The molecule has 0 atom stereocenters. The normalized spacial score (nSPS) is 10.6. The van der Waals surface area contributed by atoms with E-state index in [4.69, 9.17) is 4.74 Å². The summed E-state index contributed by atoms with van der Waals surface area (Å²) in [6.07, 6.45) is 0. The number of ether oxygens (including phenoxy) is 1. The van der Waals surface area contributed by atoms with Crippen molar-refractivity contribution in [1.82, 2.24) is 15.1 Å². The van der Waals surface area contributed by atoms with Crippen LogP contribution in [-0.4, -0.2) is 22.8 Å². The van der Waals surface area contributed by atoms with E-state index >= 15 is 0 Å². The summed E-state index contributed by atoms with van der Waals surface area (Å²) in [4.78, 5) is 25.0. The van der Waals surface area contributed by atoms with Crippen LogP contribution in [0, 0.1) is 0 Å². The second-order valence-electron chi connectivity index (χ2n) is 5.55. The van der Waals surface area contributed by atoms with Gasteiger partial charge in [0.15, 0.2) is 5.69 Å². The van der Waals surface area contributed by atoms with E-state index in [-0.39, 0.29) is 17.2 Å². The first-order chi connectivity index (χ1) is 12.1. The molecule has 128 valence electrons. The predicted octanol–water partition coefficient (Wildman–Crippen LogP) is 2.35. The predicted molar refractivity (Wildman–Crippen MR) is 95.8 cm³/mol. The van der Waals surface area contributed by atoms with Crippen molar-refractivity contribution < 1.29 is 9.53 Å². The van der Waals surface area contributed by atoms with Gasteiger partial charge >= 0.3 is 0 Å². The second-order valence-corrected chi connectivity index (χ2v) is 5.55. The third-order valence-corrected chi connectivity index (χ3v) is 3.97. The standard InChI is InChI=1S/C19H19N3O3/c1-3-22-19(24)16-10-5-4-9-15(16)17(21-22)18(23)20-12-13-7-6-8-14(11-13)25-2/h4-11H,3,12H2,1-2H3,(H,20,23). The average molecular weight is 337 g/mol. The highest BCUT2D eigenvalue weighted by Crippen LogP contribution is 2.15. The van der Waals surface area contributed by atoms with Gasteiger partial charge in [-0.3, -0.25) is 9.59 Å². The molecule has 0 spiro atoms. The van der Waals surface area contributed by atoms with E-state index in [1.165, 1.54) is 4.68 Å². The smallest absolute Gasteiger partial charge is 0.274 e. The summed E-state index contributed by atoms with van der Waals surface area (Å²) < 4.78 is 6.49. The fourth-order valence-electron chi connectivity index (χ4n) is 2.67. The van der Waals surface area contributed by atoms with Gasteiger partial charge in [0.25, 0.3) is 11.5 Å². The number of methoxy groups -OCH3 is 1. The SMILES string of the molecule is CCn1nc(C(=O)NCc2cccc(OC)c2)c2ccccc2c1=O. The third-order valence-electron chi connectivity index (χ3n) is 3.97. The zero-order valence-electron chi connectivity index (χ0n) is 14.2. The summed E-state index contributed by atoms with van der Waals surface area (Å²) in [5.41, 5.74) is 0.975. The molecule has 0 aliphatic carbocycles. The van der Waals surface area contributed by atoms with E-state index in [1.54, 1.807) is 31.4 Å². The van der Waals surface area contributed by atoms with E-state index in [9.17, 15) is 9.59 Å². The highest BCUT2D eigenvalue weighted by Gasteiger charge is 2.15. The van der Waals surface area contributed by atoms with E-state index in [2.05, 4.69) is 10.4 Å². The summed E-state index contributed by atoms with van der Waals surface area (Å²) in [6.45, 7) is 2.57. The number of carbonyl (C=O) groups is 1. The number of fused-ring (bicyclic) bond motifs is 1. The molecule has 1 N–H and O–H groups in total. The number of hydrogen-bond acceptors (Lipinski definition) is 4. The minimum atomic E-state index is -0.318. The first-order valence-electron chi connectivity index (χ1n) is 8.05. The number of aromatic nitrogens is 2. The lowest BCUT2D eigenvalue weighted by atomic mass is 10.1. The topological polar surface area (TPSA) is 73.2 Å². The van der Waals surface area contributed by atoms with E-state index in [1.807, 2.05) is 31.2 Å². The van der Waals surface area contributed by atoms with Gasteiger partial charge < -0.3 is 10.1 Å². The molecule has 1 heterocycles. The van der Waals surface area contributed by atoms with Crippen LogP contribution in [0.1, 0.15) is 23.0 Å². The van der Waals surface area contributed by atoms with Crippen molar-refractivity contribution in [2.24, 2.45) is 0 Å². The van der Waals surface area contributed by atoms with Crippen LogP contribution in [0.15, 0.2) is 53.3 Å². The molecule has 0 bridgehead atoms. The minimum Gasteiger partial charge on any atom is -0.497 e. The second kappa shape index (κ2) is 7.17. The molecule has 3 aromatic rings. The summed E-state index contributed by atoms with van der Waals surface area (Å²) >= 11 is 0. The van der Waals surface area contributed by atoms with Gasteiger partial charge in [-0.15, -0.1) is 0 Å². The number of nitrogens with zero attached hydrogens (tertiary/aromatic N) is 2. The van der Waals surface area contributed by atoms with Crippen molar-refractivity contribution in [2.75, 3.05) is 7.11 Å². The number of aryl methyl sites for hydroxylation is 1. The van der Waals surface area contributed by atoms with Crippen LogP contribution in [0.3, 0.4) is 0 Å². The van der Waals surface area contributed by atoms with Crippen LogP contribution in [0.25, 0.3) is 10.8 Å². The minimum absolute atomic E-state index is 0.192. The molecule has 0 saturated heterocycles. The van der Waals surface area contributed by atoms with Crippen LogP contribution >= 0.6 is 0 Å². The fraction of sp³-hybridized carbons (Fsp3) is 0.211. The number of rotatable bonds is 5. The quantitative estimate of drug-likeness (QED) is 0.776. The Hall–Kier alpha value is -3.15. The molecule has 2 aromatic carbocycles. The molecule has 25 heavy (non-hydrogen) atoms. The van der Waals surface area contributed by atoms with Crippen molar-refractivity contribution in [1.29, 1.82) is 0 Å². The van der Waals surface area contributed by atoms with Gasteiger partial charge in [-0.05, 0) is 30.7 Å². The summed E-state index contributed by atoms with van der Waals surface area (Å²) in [5, 5.41) is 8.14. The largest absolute Gasteiger partial charge is 0.497 e. The average Bonchev–Trinajstić information content (AvgIpc) is 2.67. The Kier molecular flexibility index (Phi) is 4.79. The molecule has 0 fully saturated rings. The lowest BCUT2D eigenvalue weighted by Crippen LogP contribution is -2.30. The van der Waals surface area contributed by atoms with Gasteiger partial charge in [-0.1, -0.05) is 30.3 Å². The number of amides is 1. The van der Waals surface area contributed by atoms with Crippen LogP contribution in [-0.2, 0) is 13.1 Å². The molecular formula is C19H19N3O3. The van der Waals surface area contributed by atoms with E-state index in [0.29, 0.717) is 23.9 Å². The van der Waals surface area contributed by atoms with Crippen LogP contribution in [0.5, 0.6) is 5.75 Å². The maximum atomic E-state index is 12.6. The molecule has 0 aliphatic heterocycles. The Morgan fingerprint density at radius 3 is 2.64 bits per heavy atom. The van der Waals surface area contributed by atoms with Gasteiger partial charge in [0.05, 0.1) is 12.5 Å². The van der Waals surface area contributed by atoms with Gasteiger partial charge in [0.1, 0.15) is 5.75 Å². The zero-order valence-corrected chi connectivity index (χ0v) is 14.2. The molecule has 1 amide bonds. The highest BCUT2D eigenvalue weighted by molar-refractivity contribution is 6.04. The molecule has 0 aliphatic rings. The monoisotopic (exact) mass is 337 g/mol. The van der Waals surface area contributed by atoms with Crippen LogP contribution in [0.4, 0.5) is 0 Å². The Morgan fingerprint density at radius 2 is 1.92 bits per heavy atom. The number of hydrogen-bond donors (Lipinski definition) is 1. The number of nitrogens with one attached hydrogen (secondary N) is 1. The number of carbonyl (C=O) groups excluding carboxylic acids is 1. The lowest BCUT2D eigenvalue weighted by molar-refractivity contribution is 0.0945. The van der Waals surface area contributed by atoms with Gasteiger partial charge in [-0.2, -0.15) is 5.10 Å². The van der Waals surface area contributed by atoms with Crippen LogP contribution in [0.2, 0.25) is 0 Å². The Morgan fingerprint density at radius 1 is 1.16 bits per heavy atom. The molecule has 0 radical (unpaired) electrons. The molecule has 0 unspecified atom stereocenters. The first kappa shape index (κ1) is 16.7. The molecule has 1 aromatic heterocycles. The maximum absolute atomic E-state index is 12.6. The van der Waals surface area contributed by atoms with Gasteiger partial charge in [-0.25, -0.2) is 4.68 Å². The molecule has 6 nitrogen and oxygen atoms in total. The van der Waals surface area contributed by atoms with Crippen molar-refractivity contribution in [3.63, 3.8) is 0 Å². The third kappa shape index (κ3) is 3.38. The first-order valence-corrected chi connectivity index (χ1v) is 8.05. The lowest BCUT2D eigenvalue weighted by Gasteiger charge is -2.10. The maximum Gasteiger partial charge on any atom is 0.274 e. The van der Waals surface area contributed by atoms with E-state index in [0.717, 1.165) is 11.3 Å². The van der Waals surface area contributed by atoms with Gasteiger partial charge in [0, 0.05) is 18.5 Å². The fourth-order valence-corrected chi connectivity index (χ4v) is 2.67. The molecule has 0 saturated carbocycles. The van der Waals surface area contributed by atoms with E-state index < -0.39 is 0 Å². The Labute approximate surface area is 145 Å². The van der Waals surface area contributed by atoms with Crippen LogP contribution < -0.4 is 15.6 Å². The highest BCUT2D eigenvalue weighted by atomic mass is 16.5. The summed E-state index contributed by atoms with van der Waals surface area (Å²) in [6, 6.07) is 14.5. The zero-order chi connectivity index (χ0) is 17.8. The molecule has 3 rings (SSSR count). The Bertz CT molecular complexity index is 979. The van der Waals surface area contributed by atoms with Crippen molar-refractivity contribution in [2.45, 2.75) is 20.0 Å². The summed E-state index contributed by atoms with van der Waals surface area (Å²) in [7, 11) is 1.60. The molecule has 6 heteroatoms. The van der Waals surface area contributed by atoms with Crippen molar-refractivity contribution >= 4 is 16.7 Å². The number of benzene rings is 2.